The molecule has 1 atom stereocenters. The third-order valence-electron chi connectivity index (χ3n) is 5.79. The normalized spacial score (nSPS) is 12.0. The van der Waals surface area contributed by atoms with E-state index >= 15 is 0 Å². The van der Waals surface area contributed by atoms with Crippen LogP contribution in [0.1, 0.15) is 25.0 Å². The Morgan fingerprint density at radius 3 is 2.19 bits per heavy atom. The number of rotatable bonds is 10. The molecule has 3 rings (SSSR count). The van der Waals surface area contributed by atoms with E-state index in [1.54, 1.807) is 74.5 Å². The number of nitrogens with zero attached hydrogens (tertiary/aromatic N) is 2. The molecule has 0 radical (unpaired) electrons. The summed E-state index contributed by atoms with van der Waals surface area (Å²) in [5.41, 5.74) is 1.88. The lowest BCUT2D eigenvalue weighted by atomic mass is 10.1. The number of carbonyl (C=O) groups is 2. The highest BCUT2D eigenvalue weighted by Gasteiger charge is 2.32. The van der Waals surface area contributed by atoms with Crippen molar-refractivity contribution in [3.8, 4) is 0 Å². The summed E-state index contributed by atoms with van der Waals surface area (Å²) in [6, 6.07) is 18.9. The number of likely N-dealkylation sites (N-methyl/N-ethyl adjacent to an activating group) is 1. The molecular weight excluding hydrogens is 533 g/mol. The number of halogens is 2. The molecule has 196 valence electrons. The Kier molecular flexibility index (Phi) is 9.59. The predicted octanol–water partition coefficient (Wildman–Crippen LogP) is 5.05. The van der Waals surface area contributed by atoms with Gasteiger partial charge in [-0.3, -0.25) is 13.9 Å². The van der Waals surface area contributed by atoms with Crippen LogP contribution in [0.5, 0.6) is 0 Å². The van der Waals surface area contributed by atoms with Gasteiger partial charge in [0.25, 0.3) is 10.0 Å². The van der Waals surface area contributed by atoms with E-state index in [4.69, 9.17) is 23.2 Å². The van der Waals surface area contributed by atoms with Crippen LogP contribution >= 0.6 is 23.2 Å². The molecular formula is C27H29Cl2N3O4S. The van der Waals surface area contributed by atoms with Gasteiger partial charge in [0.2, 0.25) is 11.8 Å². The number of hydrogen-bond donors (Lipinski definition) is 1. The van der Waals surface area contributed by atoms with Crippen LogP contribution in [0.25, 0.3) is 0 Å². The fourth-order valence-electron chi connectivity index (χ4n) is 3.70. The molecule has 7 nitrogen and oxygen atoms in total. The molecule has 1 N–H and O–H groups in total. The second-order valence-corrected chi connectivity index (χ2v) is 11.2. The van der Waals surface area contributed by atoms with E-state index in [2.05, 4.69) is 5.32 Å². The van der Waals surface area contributed by atoms with Crippen LogP contribution in [-0.2, 0) is 26.2 Å². The van der Waals surface area contributed by atoms with Gasteiger partial charge in [0.1, 0.15) is 12.6 Å². The second kappa shape index (κ2) is 12.4. The summed E-state index contributed by atoms with van der Waals surface area (Å²) in [5, 5.41) is 3.39. The number of aryl methyl sites for hydroxylation is 1. The fraction of sp³-hybridized carbons (Fsp3) is 0.259. The summed E-state index contributed by atoms with van der Waals surface area (Å²) in [4.78, 5) is 27.9. The third-order valence-corrected chi connectivity index (χ3v) is 8.31. The summed E-state index contributed by atoms with van der Waals surface area (Å²) in [6.07, 6.45) is 0. The Hall–Kier alpha value is -3.07. The lowest BCUT2D eigenvalue weighted by Crippen LogP contribution is -2.51. The molecule has 10 heteroatoms. The standard InChI is InChI=1S/C27H29Cl2N3O4S/c1-4-30-27(34)20(3)31(17-21-12-15-24(28)25(29)16-21)26(33)18-32(22-8-6-5-7-9-22)37(35,36)23-13-10-19(2)11-14-23/h5-16,20H,4,17-18H2,1-3H3,(H,30,34). The van der Waals surface area contributed by atoms with Crippen molar-refractivity contribution in [3.05, 3.63) is 94.0 Å². The zero-order chi connectivity index (χ0) is 27.2. The van der Waals surface area contributed by atoms with Crippen LogP contribution in [0.2, 0.25) is 10.0 Å². The van der Waals surface area contributed by atoms with Gasteiger partial charge in [-0.2, -0.15) is 0 Å². The third kappa shape index (κ3) is 7.03. The van der Waals surface area contributed by atoms with Crippen LogP contribution < -0.4 is 9.62 Å². The molecule has 37 heavy (non-hydrogen) atoms. The summed E-state index contributed by atoms with van der Waals surface area (Å²) in [6.45, 7) is 5.14. The molecule has 0 aliphatic carbocycles. The zero-order valence-corrected chi connectivity index (χ0v) is 23.1. The lowest BCUT2D eigenvalue weighted by molar-refractivity contribution is -0.139. The Morgan fingerprint density at radius 2 is 1.59 bits per heavy atom. The minimum atomic E-state index is -4.09. The first-order valence-corrected chi connectivity index (χ1v) is 13.9. The first kappa shape index (κ1) is 28.5. The van der Waals surface area contributed by atoms with Crippen LogP contribution in [0.3, 0.4) is 0 Å². The van der Waals surface area contributed by atoms with Crippen molar-refractivity contribution < 1.29 is 18.0 Å². The van der Waals surface area contributed by atoms with Gasteiger partial charge in [-0.15, -0.1) is 0 Å². The van der Waals surface area contributed by atoms with Crippen LogP contribution in [0.4, 0.5) is 5.69 Å². The van der Waals surface area contributed by atoms with Gasteiger partial charge >= 0.3 is 0 Å². The highest BCUT2D eigenvalue weighted by atomic mass is 35.5. The van der Waals surface area contributed by atoms with Gasteiger partial charge in [-0.25, -0.2) is 8.42 Å². The summed E-state index contributed by atoms with van der Waals surface area (Å²) < 4.78 is 28.4. The predicted molar refractivity (Wildman–Crippen MR) is 147 cm³/mol. The van der Waals surface area contributed by atoms with E-state index in [9.17, 15) is 18.0 Å². The largest absolute Gasteiger partial charge is 0.355 e. The van der Waals surface area contributed by atoms with Crippen LogP contribution in [-0.4, -0.2) is 44.3 Å². The molecule has 0 heterocycles. The van der Waals surface area contributed by atoms with Gasteiger partial charge in [0, 0.05) is 13.1 Å². The Labute approximate surface area is 228 Å². The first-order valence-electron chi connectivity index (χ1n) is 11.7. The molecule has 0 bridgehead atoms. The Morgan fingerprint density at radius 1 is 0.946 bits per heavy atom. The Balaban J connectivity index is 2.01. The molecule has 3 aromatic rings. The van der Waals surface area contributed by atoms with E-state index < -0.39 is 28.5 Å². The minimum Gasteiger partial charge on any atom is -0.355 e. The topological polar surface area (TPSA) is 86.8 Å². The molecule has 1 unspecified atom stereocenters. The molecule has 0 aliphatic rings. The van der Waals surface area contributed by atoms with E-state index in [1.165, 1.54) is 17.0 Å². The maximum Gasteiger partial charge on any atom is 0.264 e. The number of anilines is 1. The van der Waals surface area contributed by atoms with E-state index in [-0.39, 0.29) is 17.3 Å². The van der Waals surface area contributed by atoms with Crippen molar-refractivity contribution in [1.82, 2.24) is 10.2 Å². The van der Waals surface area contributed by atoms with Gasteiger partial charge in [0.15, 0.2) is 0 Å². The highest BCUT2D eigenvalue weighted by Crippen LogP contribution is 2.26. The maximum atomic E-state index is 13.7. The van der Waals surface area contributed by atoms with Gasteiger partial charge in [-0.05, 0) is 62.7 Å². The molecule has 3 aromatic carbocycles. The average Bonchev–Trinajstić information content (AvgIpc) is 2.88. The molecule has 0 saturated carbocycles. The van der Waals surface area contributed by atoms with Gasteiger partial charge in [0.05, 0.1) is 20.6 Å². The maximum absolute atomic E-state index is 13.7. The van der Waals surface area contributed by atoms with Gasteiger partial charge < -0.3 is 10.2 Å². The van der Waals surface area contributed by atoms with Crippen LogP contribution in [0.15, 0.2) is 77.7 Å². The summed E-state index contributed by atoms with van der Waals surface area (Å²) in [7, 11) is -4.09. The first-order chi connectivity index (χ1) is 17.5. The van der Waals surface area contributed by atoms with Crippen molar-refractivity contribution in [1.29, 1.82) is 0 Å². The number of carbonyl (C=O) groups excluding carboxylic acids is 2. The van der Waals surface area contributed by atoms with E-state index in [1.807, 2.05) is 6.92 Å². The molecule has 0 fully saturated rings. The Bertz CT molecular complexity index is 1350. The smallest absolute Gasteiger partial charge is 0.264 e. The zero-order valence-electron chi connectivity index (χ0n) is 20.8. The fourth-order valence-corrected chi connectivity index (χ4v) is 5.43. The molecule has 0 aromatic heterocycles. The number of sulfonamides is 1. The summed E-state index contributed by atoms with van der Waals surface area (Å²) >= 11 is 12.2. The summed E-state index contributed by atoms with van der Waals surface area (Å²) in [5.74, 6) is -0.909. The van der Waals surface area contributed by atoms with Crippen molar-refractivity contribution >= 4 is 50.7 Å². The number of amides is 2. The van der Waals surface area contributed by atoms with E-state index in [0.717, 1.165) is 9.87 Å². The highest BCUT2D eigenvalue weighted by molar-refractivity contribution is 7.92. The molecule has 0 spiro atoms. The number of para-hydroxylation sites is 1. The van der Waals surface area contributed by atoms with E-state index in [0.29, 0.717) is 27.8 Å². The van der Waals surface area contributed by atoms with Crippen molar-refractivity contribution in [2.24, 2.45) is 0 Å². The number of hydrogen-bond acceptors (Lipinski definition) is 4. The quantitative estimate of drug-likeness (QED) is 0.375. The SMILES string of the molecule is CCNC(=O)C(C)N(Cc1ccc(Cl)c(Cl)c1)C(=O)CN(c1ccccc1)S(=O)(=O)c1ccc(C)cc1. The second-order valence-electron chi connectivity index (χ2n) is 8.50. The molecule has 0 aliphatic heterocycles. The monoisotopic (exact) mass is 561 g/mol. The molecule has 2 amide bonds. The number of nitrogens with one attached hydrogen (secondary N) is 1. The average molecular weight is 563 g/mol. The lowest BCUT2D eigenvalue weighted by Gasteiger charge is -2.32. The van der Waals surface area contributed by atoms with Crippen LogP contribution in [0, 0.1) is 6.92 Å². The van der Waals surface area contributed by atoms with Crippen molar-refractivity contribution in [2.75, 3.05) is 17.4 Å². The van der Waals surface area contributed by atoms with Crippen molar-refractivity contribution in [3.63, 3.8) is 0 Å². The van der Waals surface area contributed by atoms with Gasteiger partial charge in [-0.1, -0.05) is 65.2 Å². The molecule has 0 saturated heterocycles. The number of benzene rings is 3. The van der Waals surface area contributed by atoms with Crippen molar-refractivity contribution in [2.45, 2.75) is 38.3 Å². The minimum absolute atomic E-state index is 0.0290.